The molecule has 1 aromatic rings. The monoisotopic (exact) mass is 304 g/mol. The van der Waals surface area contributed by atoms with Gasteiger partial charge in [-0.25, -0.2) is 14.8 Å². The molecule has 2 aliphatic rings. The highest BCUT2D eigenvalue weighted by Crippen LogP contribution is 2.21. The molecule has 120 valence electrons. The van der Waals surface area contributed by atoms with E-state index in [1.54, 1.807) is 12.4 Å². The van der Waals surface area contributed by atoms with E-state index in [2.05, 4.69) is 20.2 Å². The predicted octanol–water partition coefficient (Wildman–Crippen LogP) is 1.24. The summed E-state index contributed by atoms with van der Waals surface area (Å²) in [5.74, 6) is 0.633. The van der Waals surface area contributed by atoms with E-state index in [0.29, 0.717) is 17.7 Å². The van der Waals surface area contributed by atoms with Crippen LogP contribution in [0.1, 0.15) is 19.3 Å². The van der Waals surface area contributed by atoms with Crippen molar-refractivity contribution in [3.63, 3.8) is 0 Å². The molecule has 3 rings (SSSR count). The quantitative estimate of drug-likeness (QED) is 0.891. The molecular weight excluding hydrogens is 280 g/mol. The first-order chi connectivity index (χ1) is 10.6. The van der Waals surface area contributed by atoms with Crippen molar-refractivity contribution in [2.24, 2.45) is 0 Å². The van der Waals surface area contributed by atoms with Crippen molar-refractivity contribution >= 4 is 17.7 Å². The fourth-order valence-electron chi connectivity index (χ4n) is 3.16. The number of carbonyl (C=O) groups is 1. The van der Waals surface area contributed by atoms with Gasteiger partial charge < -0.3 is 15.1 Å². The molecule has 0 bridgehead atoms. The minimum atomic E-state index is -0.0496. The number of fused-ring (bicyclic) bond motifs is 1. The van der Waals surface area contributed by atoms with Crippen molar-refractivity contribution < 1.29 is 4.79 Å². The molecular formula is C15H24N6O. The second-order valence-electron chi connectivity index (χ2n) is 6.23. The van der Waals surface area contributed by atoms with Gasteiger partial charge in [-0.2, -0.15) is 0 Å². The molecule has 22 heavy (non-hydrogen) atoms. The number of hydrogen-bond donors (Lipinski definition) is 1. The number of piperazine rings is 1. The van der Waals surface area contributed by atoms with Gasteiger partial charge in [-0.15, -0.1) is 0 Å². The smallest absolute Gasteiger partial charge is 0.322 e. The van der Waals surface area contributed by atoms with Gasteiger partial charge in [0.1, 0.15) is 0 Å². The van der Waals surface area contributed by atoms with Gasteiger partial charge in [0, 0.05) is 39.8 Å². The van der Waals surface area contributed by atoms with Gasteiger partial charge in [0.15, 0.2) is 0 Å². The first kappa shape index (κ1) is 15.0. The van der Waals surface area contributed by atoms with E-state index in [-0.39, 0.29) is 6.03 Å². The van der Waals surface area contributed by atoms with Gasteiger partial charge in [0.05, 0.1) is 18.1 Å². The first-order valence-electron chi connectivity index (χ1n) is 7.93. The Morgan fingerprint density at radius 3 is 2.73 bits per heavy atom. The molecule has 2 amide bonds. The van der Waals surface area contributed by atoms with E-state index in [1.165, 1.54) is 25.8 Å². The maximum Gasteiger partial charge on any atom is 0.322 e. The zero-order valence-electron chi connectivity index (χ0n) is 13.3. The third-order valence-electron chi connectivity index (χ3n) is 4.41. The standard InChI is InChI=1S/C15H24N6O/c1-19(2)14-16-9-12(10-17-14)18-15(22)21-8-7-20-6-4-3-5-13(20)11-21/h9-10,13H,3-8,11H2,1-2H3,(H,18,22). The zero-order chi connectivity index (χ0) is 15.5. The van der Waals surface area contributed by atoms with Crippen molar-refractivity contribution in [3.8, 4) is 0 Å². The Hall–Kier alpha value is -1.89. The fourth-order valence-corrected chi connectivity index (χ4v) is 3.16. The molecule has 2 saturated heterocycles. The lowest BCUT2D eigenvalue weighted by atomic mass is 10.00. The van der Waals surface area contributed by atoms with Crippen LogP contribution in [0.5, 0.6) is 0 Å². The van der Waals surface area contributed by atoms with E-state index < -0.39 is 0 Å². The Balaban J connectivity index is 1.57. The van der Waals surface area contributed by atoms with Crippen LogP contribution in [0.2, 0.25) is 0 Å². The summed E-state index contributed by atoms with van der Waals surface area (Å²) in [6.45, 7) is 3.77. The largest absolute Gasteiger partial charge is 0.347 e. The average molecular weight is 304 g/mol. The minimum absolute atomic E-state index is 0.0496. The fraction of sp³-hybridized carbons (Fsp3) is 0.667. The van der Waals surface area contributed by atoms with Crippen LogP contribution in [-0.2, 0) is 0 Å². The molecule has 0 spiro atoms. The molecule has 2 aliphatic heterocycles. The van der Waals surface area contributed by atoms with E-state index in [0.717, 1.165) is 19.6 Å². The molecule has 1 N–H and O–H groups in total. The third-order valence-corrected chi connectivity index (χ3v) is 4.41. The summed E-state index contributed by atoms with van der Waals surface area (Å²) in [6.07, 6.45) is 7.06. The summed E-state index contributed by atoms with van der Waals surface area (Å²) >= 11 is 0. The molecule has 0 aliphatic carbocycles. The summed E-state index contributed by atoms with van der Waals surface area (Å²) < 4.78 is 0. The van der Waals surface area contributed by atoms with Crippen molar-refractivity contribution in [1.29, 1.82) is 0 Å². The number of anilines is 2. The summed E-state index contributed by atoms with van der Waals surface area (Å²) in [5.41, 5.74) is 0.640. The maximum absolute atomic E-state index is 12.4. The highest BCUT2D eigenvalue weighted by Gasteiger charge is 2.30. The normalized spacial score (nSPS) is 22.1. The molecule has 1 unspecified atom stereocenters. The molecule has 0 aromatic carbocycles. The maximum atomic E-state index is 12.4. The summed E-state index contributed by atoms with van der Waals surface area (Å²) in [5, 5.41) is 2.90. The van der Waals surface area contributed by atoms with Crippen LogP contribution in [-0.4, -0.2) is 72.1 Å². The van der Waals surface area contributed by atoms with Crippen LogP contribution in [0.15, 0.2) is 12.4 Å². The zero-order valence-corrected chi connectivity index (χ0v) is 13.3. The van der Waals surface area contributed by atoms with Crippen LogP contribution in [0.25, 0.3) is 0 Å². The lowest BCUT2D eigenvalue weighted by Crippen LogP contribution is -2.56. The number of urea groups is 1. The number of piperidine rings is 1. The second-order valence-corrected chi connectivity index (χ2v) is 6.23. The summed E-state index contributed by atoms with van der Waals surface area (Å²) in [4.78, 5) is 27.1. The van der Waals surface area contributed by atoms with Gasteiger partial charge in [0.2, 0.25) is 5.95 Å². The Bertz CT molecular complexity index is 517. The Morgan fingerprint density at radius 2 is 2.00 bits per heavy atom. The van der Waals surface area contributed by atoms with Crippen molar-refractivity contribution in [1.82, 2.24) is 19.8 Å². The molecule has 0 saturated carbocycles. The molecule has 3 heterocycles. The third kappa shape index (κ3) is 3.30. The second kappa shape index (κ2) is 6.48. The lowest BCUT2D eigenvalue weighted by molar-refractivity contribution is 0.0678. The first-order valence-corrected chi connectivity index (χ1v) is 7.93. The lowest BCUT2D eigenvalue weighted by Gasteiger charge is -2.43. The molecule has 1 aromatic heterocycles. The van der Waals surface area contributed by atoms with E-state index in [9.17, 15) is 4.79 Å². The van der Waals surface area contributed by atoms with Crippen LogP contribution < -0.4 is 10.2 Å². The predicted molar refractivity (Wildman–Crippen MR) is 86.2 cm³/mol. The molecule has 2 fully saturated rings. The van der Waals surface area contributed by atoms with Crippen molar-refractivity contribution in [3.05, 3.63) is 12.4 Å². The molecule has 7 nitrogen and oxygen atoms in total. The Morgan fingerprint density at radius 1 is 1.23 bits per heavy atom. The SMILES string of the molecule is CN(C)c1ncc(NC(=O)N2CCN3CCCCC3C2)cn1. The molecule has 0 radical (unpaired) electrons. The Kier molecular flexibility index (Phi) is 4.42. The highest BCUT2D eigenvalue weighted by atomic mass is 16.2. The van der Waals surface area contributed by atoms with Gasteiger partial charge >= 0.3 is 6.03 Å². The number of amides is 2. The van der Waals surface area contributed by atoms with E-state index in [4.69, 9.17) is 0 Å². The number of hydrogen-bond acceptors (Lipinski definition) is 5. The van der Waals surface area contributed by atoms with Crippen LogP contribution in [0.4, 0.5) is 16.4 Å². The summed E-state index contributed by atoms with van der Waals surface area (Å²) in [6, 6.07) is 0.479. The van der Waals surface area contributed by atoms with Crippen LogP contribution >= 0.6 is 0 Å². The minimum Gasteiger partial charge on any atom is -0.347 e. The van der Waals surface area contributed by atoms with E-state index >= 15 is 0 Å². The topological polar surface area (TPSA) is 64.6 Å². The van der Waals surface area contributed by atoms with Crippen LogP contribution in [0, 0.1) is 0 Å². The molecule has 1 atom stereocenters. The van der Waals surface area contributed by atoms with Crippen LogP contribution in [0.3, 0.4) is 0 Å². The van der Waals surface area contributed by atoms with Gasteiger partial charge in [-0.1, -0.05) is 6.42 Å². The van der Waals surface area contributed by atoms with Crippen molar-refractivity contribution in [2.75, 3.05) is 50.5 Å². The van der Waals surface area contributed by atoms with Gasteiger partial charge in [0.25, 0.3) is 0 Å². The number of aromatic nitrogens is 2. The van der Waals surface area contributed by atoms with Gasteiger partial charge in [-0.3, -0.25) is 4.90 Å². The number of rotatable bonds is 2. The number of carbonyl (C=O) groups excluding carboxylic acids is 1. The van der Waals surface area contributed by atoms with Gasteiger partial charge in [-0.05, 0) is 19.4 Å². The number of nitrogens with one attached hydrogen (secondary N) is 1. The van der Waals surface area contributed by atoms with E-state index in [1.807, 2.05) is 23.9 Å². The van der Waals surface area contributed by atoms with Crippen molar-refractivity contribution in [2.45, 2.75) is 25.3 Å². The average Bonchev–Trinajstić information content (AvgIpc) is 2.55. The Labute approximate surface area is 131 Å². The number of nitrogens with zero attached hydrogens (tertiary/aromatic N) is 5. The molecule has 7 heteroatoms. The summed E-state index contributed by atoms with van der Waals surface area (Å²) in [7, 11) is 3.77. The highest BCUT2D eigenvalue weighted by molar-refractivity contribution is 5.89.